The molecule has 4 aromatic carbocycles. The number of ether oxygens (including phenoxy) is 3. The Morgan fingerprint density at radius 3 is 2.31 bits per heavy atom. The molecule has 5 aromatic rings. The third-order valence-corrected chi connectivity index (χ3v) is 8.71. The molecule has 0 atom stereocenters. The molecule has 1 fully saturated rings. The first kappa shape index (κ1) is 26.7. The predicted octanol–water partition coefficient (Wildman–Crippen LogP) is 7.71. The van der Waals surface area contributed by atoms with Crippen LogP contribution in [0.15, 0.2) is 91.0 Å². The van der Waals surface area contributed by atoms with E-state index in [9.17, 15) is 0 Å². The predicted molar refractivity (Wildman–Crippen MR) is 169 cm³/mol. The molecular weight excluding hydrogens is 520 g/mol. The van der Waals surface area contributed by atoms with Gasteiger partial charge in [0.25, 0.3) is 0 Å². The highest BCUT2D eigenvalue weighted by molar-refractivity contribution is 5.96. The van der Waals surface area contributed by atoms with Gasteiger partial charge in [-0.3, -0.25) is 4.90 Å². The molecule has 2 aliphatic rings. The maximum absolute atomic E-state index is 6.17. The Balaban J connectivity index is 1.12. The van der Waals surface area contributed by atoms with Crippen LogP contribution in [0, 0.1) is 0 Å². The minimum absolute atomic E-state index is 0.566. The van der Waals surface area contributed by atoms with E-state index >= 15 is 0 Å². The zero-order valence-electron chi connectivity index (χ0n) is 24.4. The van der Waals surface area contributed by atoms with Gasteiger partial charge in [0.1, 0.15) is 30.5 Å². The van der Waals surface area contributed by atoms with E-state index in [1.165, 1.54) is 76.8 Å². The molecule has 1 saturated heterocycles. The van der Waals surface area contributed by atoms with Gasteiger partial charge in [0.2, 0.25) is 0 Å². The minimum Gasteiger partial charge on any atom is -0.497 e. The van der Waals surface area contributed by atoms with Gasteiger partial charge in [0.15, 0.2) is 0 Å². The quantitative estimate of drug-likeness (QED) is 0.173. The van der Waals surface area contributed by atoms with Crippen LogP contribution in [0.4, 0.5) is 0 Å². The Morgan fingerprint density at radius 1 is 0.714 bits per heavy atom. The van der Waals surface area contributed by atoms with Crippen molar-refractivity contribution in [2.75, 3.05) is 33.4 Å². The lowest BCUT2D eigenvalue weighted by Gasteiger charge is -2.26. The molecule has 7 rings (SSSR count). The van der Waals surface area contributed by atoms with E-state index in [4.69, 9.17) is 14.2 Å². The van der Waals surface area contributed by atoms with Crippen LogP contribution in [-0.2, 0) is 19.6 Å². The largest absolute Gasteiger partial charge is 0.497 e. The molecule has 42 heavy (non-hydrogen) atoms. The standard InChI is InChI=1S/C37H38N2O3/c1-40-31-15-17-36-34(24-31)35-23-29-22-32(42-26-28-8-4-2-5-9-28)14-16-33(29)37(35)39(36)25-27-10-12-30(13-11-27)41-21-20-38-18-6-3-7-19-38/h2,4-5,8-17,22,24H,3,6-7,18-21,23,25-26H2,1H3. The summed E-state index contributed by atoms with van der Waals surface area (Å²) in [4.78, 5) is 2.51. The number of methoxy groups -OCH3 is 1. The van der Waals surface area contributed by atoms with E-state index in [1.54, 1.807) is 7.11 Å². The molecule has 5 heteroatoms. The van der Waals surface area contributed by atoms with E-state index in [-0.39, 0.29) is 0 Å². The number of benzene rings is 4. The second kappa shape index (κ2) is 11.9. The Labute approximate surface area is 248 Å². The first-order chi connectivity index (χ1) is 20.7. The lowest BCUT2D eigenvalue weighted by Crippen LogP contribution is -2.33. The van der Waals surface area contributed by atoms with Crippen molar-refractivity contribution in [2.24, 2.45) is 0 Å². The van der Waals surface area contributed by atoms with Gasteiger partial charge in [0.05, 0.1) is 12.8 Å². The van der Waals surface area contributed by atoms with Crippen molar-refractivity contribution >= 4 is 10.9 Å². The smallest absolute Gasteiger partial charge is 0.120 e. The van der Waals surface area contributed by atoms with Crippen molar-refractivity contribution in [2.45, 2.75) is 38.8 Å². The van der Waals surface area contributed by atoms with Gasteiger partial charge in [0, 0.05) is 36.0 Å². The van der Waals surface area contributed by atoms with Crippen molar-refractivity contribution in [3.8, 4) is 28.5 Å². The highest BCUT2D eigenvalue weighted by Crippen LogP contribution is 2.45. The summed E-state index contributed by atoms with van der Waals surface area (Å²) in [5.41, 5.74) is 8.90. The molecule has 0 spiro atoms. The van der Waals surface area contributed by atoms with Gasteiger partial charge in [-0.1, -0.05) is 48.9 Å². The Bertz CT molecular complexity index is 1670. The van der Waals surface area contributed by atoms with Crippen molar-refractivity contribution in [3.63, 3.8) is 0 Å². The van der Waals surface area contributed by atoms with E-state index in [0.29, 0.717) is 6.61 Å². The third kappa shape index (κ3) is 5.49. The summed E-state index contributed by atoms with van der Waals surface area (Å²) in [6.07, 6.45) is 4.87. The Hall–Kier alpha value is -4.22. The molecule has 1 aromatic heterocycles. The zero-order chi connectivity index (χ0) is 28.3. The van der Waals surface area contributed by atoms with Crippen molar-refractivity contribution < 1.29 is 14.2 Å². The highest BCUT2D eigenvalue weighted by atomic mass is 16.5. The number of aromatic nitrogens is 1. The number of piperidine rings is 1. The summed E-state index contributed by atoms with van der Waals surface area (Å²) in [6, 6.07) is 32.0. The maximum atomic E-state index is 6.17. The van der Waals surface area contributed by atoms with Gasteiger partial charge < -0.3 is 18.8 Å². The van der Waals surface area contributed by atoms with Gasteiger partial charge in [-0.2, -0.15) is 0 Å². The van der Waals surface area contributed by atoms with Gasteiger partial charge in [-0.05, 0) is 96.7 Å². The summed E-state index contributed by atoms with van der Waals surface area (Å²) < 4.78 is 20.4. The number of nitrogens with zero attached hydrogens (tertiary/aromatic N) is 2. The molecule has 0 saturated carbocycles. The zero-order valence-corrected chi connectivity index (χ0v) is 24.4. The van der Waals surface area contributed by atoms with Gasteiger partial charge in [-0.25, -0.2) is 0 Å². The van der Waals surface area contributed by atoms with Crippen LogP contribution in [0.5, 0.6) is 17.2 Å². The topological polar surface area (TPSA) is 35.9 Å². The molecule has 0 N–H and O–H groups in total. The highest BCUT2D eigenvalue weighted by Gasteiger charge is 2.27. The lowest BCUT2D eigenvalue weighted by molar-refractivity contribution is 0.183. The number of hydrogen-bond donors (Lipinski definition) is 0. The van der Waals surface area contributed by atoms with Gasteiger partial charge in [-0.15, -0.1) is 0 Å². The molecule has 2 heterocycles. The van der Waals surface area contributed by atoms with E-state index in [2.05, 4.69) is 82.3 Å². The molecule has 0 radical (unpaired) electrons. The molecular formula is C37H38N2O3. The average molecular weight is 559 g/mol. The summed E-state index contributed by atoms with van der Waals surface area (Å²) in [6.45, 7) is 5.51. The second-order valence-electron chi connectivity index (χ2n) is 11.5. The molecule has 5 nitrogen and oxygen atoms in total. The third-order valence-electron chi connectivity index (χ3n) is 8.71. The normalized spacial score (nSPS) is 14.5. The Kier molecular flexibility index (Phi) is 7.58. The maximum Gasteiger partial charge on any atom is 0.120 e. The second-order valence-corrected chi connectivity index (χ2v) is 11.5. The number of likely N-dealkylation sites (tertiary alicyclic amines) is 1. The summed E-state index contributed by atoms with van der Waals surface area (Å²) in [7, 11) is 1.74. The summed E-state index contributed by atoms with van der Waals surface area (Å²) in [5.74, 6) is 2.74. The van der Waals surface area contributed by atoms with Crippen LogP contribution in [0.25, 0.3) is 22.2 Å². The number of hydrogen-bond acceptors (Lipinski definition) is 4. The fourth-order valence-corrected chi connectivity index (χ4v) is 6.50. The van der Waals surface area contributed by atoms with Crippen molar-refractivity contribution in [3.05, 3.63) is 113 Å². The molecule has 214 valence electrons. The number of fused-ring (bicyclic) bond motifs is 5. The summed E-state index contributed by atoms with van der Waals surface area (Å²) in [5, 5.41) is 1.25. The molecule has 0 unspecified atom stereocenters. The Morgan fingerprint density at radius 2 is 1.50 bits per heavy atom. The fraction of sp³-hybridized carbons (Fsp3) is 0.297. The first-order valence-corrected chi connectivity index (χ1v) is 15.2. The van der Waals surface area contributed by atoms with E-state index in [1.807, 2.05) is 18.2 Å². The van der Waals surface area contributed by atoms with Crippen LogP contribution in [0.1, 0.15) is 41.5 Å². The van der Waals surface area contributed by atoms with Crippen molar-refractivity contribution in [1.82, 2.24) is 9.47 Å². The van der Waals surface area contributed by atoms with Crippen LogP contribution in [0.2, 0.25) is 0 Å². The first-order valence-electron chi connectivity index (χ1n) is 15.2. The lowest BCUT2D eigenvalue weighted by atomic mass is 10.1. The fourth-order valence-electron chi connectivity index (χ4n) is 6.50. The van der Waals surface area contributed by atoms with Crippen LogP contribution in [0.3, 0.4) is 0 Å². The van der Waals surface area contributed by atoms with Crippen LogP contribution >= 0.6 is 0 Å². The summed E-state index contributed by atoms with van der Waals surface area (Å²) >= 11 is 0. The molecule has 1 aliphatic carbocycles. The number of rotatable bonds is 10. The van der Waals surface area contributed by atoms with Gasteiger partial charge >= 0.3 is 0 Å². The molecule has 1 aliphatic heterocycles. The SMILES string of the molecule is COc1ccc2c(c1)c1c(n2Cc2ccc(OCCN3CCCCC3)cc2)-c2ccc(OCc3ccccc3)cc2C1. The van der Waals surface area contributed by atoms with Crippen LogP contribution in [-0.4, -0.2) is 42.8 Å². The van der Waals surface area contributed by atoms with E-state index < -0.39 is 0 Å². The van der Waals surface area contributed by atoms with E-state index in [0.717, 1.165) is 43.4 Å². The molecule has 0 amide bonds. The van der Waals surface area contributed by atoms with Crippen LogP contribution < -0.4 is 14.2 Å². The molecule has 0 bridgehead atoms. The minimum atomic E-state index is 0.566. The monoisotopic (exact) mass is 558 g/mol. The van der Waals surface area contributed by atoms with Crippen molar-refractivity contribution in [1.29, 1.82) is 0 Å². The average Bonchev–Trinajstić information content (AvgIpc) is 3.56.